The van der Waals surface area contributed by atoms with Gasteiger partial charge in [-0.2, -0.15) is 0 Å². The lowest BCUT2D eigenvalue weighted by Gasteiger charge is -2.14. The second kappa shape index (κ2) is 10.8. The number of aryl methyl sites for hydroxylation is 1. The molecule has 3 aromatic rings. The lowest BCUT2D eigenvalue weighted by atomic mass is 10.1. The van der Waals surface area contributed by atoms with Crippen LogP contribution in [0.2, 0.25) is 5.02 Å². The molecule has 1 N–H and O–H groups in total. The highest BCUT2D eigenvalue weighted by Gasteiger charge is 2.18. The van der Waals surface area contributed by atoms with Crippen LogP contribution in [0.1, 0.15) is 18.1 Å². The smallest absolute Gasteiger partial charge is 0.335 e. The number of nitrogens with one attached hydrogen (secondary N) is 1. The first-order valence-electron chi connectivity index (χ1n) is 10.4. The van der Waals surface area contributed by atoms with Gasteiger partial charge in [-0.1, -0.05) is 54.9 Å². The van der Waals surface area contributed by atoms with Crippen LogP contribution in [0.3, 0.4) is 0 Å². The van der Waals surface area contributed by atoms with E-state index in [2.05, 4.69) is 16.6 Å². The number of nitrogens with zero attached hydrogens (tertiary/aromatic N) is 3. The van der Waals surface area contributed by atoms with E-state index in [0.717, 1.165) is 15.7 Å². The van der Waals surface area contributed by atoms with Crippen molar-refractivity contribution in [1.82, 2.24) is 14.1 Å². The number of carbonyl (C=O) groups is 1. The van der Waals surface area contributed by atoms with Gasteiger partial charge in [-0.3, -0.25) is 14.3 Å². The Labute approximate surface area is 200 Å². The molecule has 10 heteroatoms. The Kier molecular flexibility index (Phi) is 7.91. The minimum Gasteiger partial charge on any atom is -0.469 e. The zero-order valence-electron chi connectivity index (χ0n) is 19.1. The van der Waals surface area contributed by atoms with Gasteiger partial charge in [0.15, 0.2) is 0 Å². The van der Waals surface area contributed by atoms with Crippen molar-refractivity contribution in [3.63, 3.8) is 0 Å². The molecule has 0 bridgehead atoms. The normalized spacial score (nSPS) is 12.3. The van der Waals surface area contributed by atoms with Crippen LogP contribution in [0.25, 0.3) is 0 Å². The van der Waals surface area contributed by atoms with Crippen LogP contribution < -0.4 is 21.7 Å². The number of halogens is 1. The molecule has 0 amide bonds. The number of carbonyl (C=O) groups excluding carboxylic acids is 1. The quantitative estimate of drug-likeness (QED) is 0.390. The predicted octanol–water partition coefficient (Wildman–Crippen LogP) is 2.91. The van der Waals surface area contributed by atoms with Crippen molar-refractivity contribution >= 4 is 23.3 Å². The SMILES string of the molecule is C=COc1ccc(/N=c2\[nH]c(=O)n(C[C@H](C)C(=O)OC)c(=O)n2Cc2ccc(C)cc2)cc1Cl. The fraction of sp³-hybridized carbons (Fsp3) is 0.250. The Bertz CT molecular complexity index is 1390. The summed E-state index contributed by atoms with van der Waals surface area (Å²) in [5, 5.41) is 0.286. The van der Waals surface area contributed by atoms with Crippen molar-refractivity contribution < 1.29 is 14.3 Å². The molecule has 34 heavy (non-hydrogen) atoms. The molecule has 0 saturated carbocycles. The second-order valence-corrected chi connectivity index (χ2v) is 8.06. The molecule has 1 aromatic heterocycles. The minimum atomic E-state index is -0.698. The summed E-state index contributed by atoms with van der Waals surface area (Å²) in [4.78, 5) is 45.1. The number of hydrogen-bond acceptors (Lipinski definition) is 6. The van der Waals surface area contributed by atoms with E-state index in [-0.39, 0.29) is 23.7 Å². The van der Waals surface area contributed by atoms with Crippen molar-refractivity contribution in [2.75, 3.05) is 7.11 Å². The minimum absolute atomic E-state index is 0.0333. The zero-order chi connectivity index (χ0) is 24.8. The molecule has 0 fully saturated rings. The zero-order valence-corrected chi connectivity index (χ0v) is 19.8. The Morgan fingerprint density at radius 3 is 2.53 bits per heavy atom. The highest BCUT2D eigenvalue weighted by atomic mass is 35.5. The van der Waals surface area contributed by atoms with Crippen molar-refractivity contribution in [2.45, 2.75) is 26.9 Å². The molecule has 2 aromatic carbocycles. The molecular weight excluding hydrogens is 460 g/mol. The Morgan fingerprint density at radius 1 is 1.21 bits per heavy atom. The van der Waals surface area contributed by atoms with Crippen LogP contribution >= 0.6 is 11.6 Å². The van der Waals surface area contributed by atoms with Gasteiger partial charge in [0, 0.05) is 6.54 Å². The lowest BCUT2D eigenvalue weighted by molar-refractivity contribution is -0.145. The molecule has 0 saturated heterocycles. The summed E-state index contributed by atoms with van der Waals surface area (Å²) in [5.41, 5.74) is 1.02. The van der Waals surface area contributed by atoms with E-state index in [1.165, 1.54) is 17.9 Å². The van der Waals surface area contributed by atoms with Crippen LogP contribution in [0.15, 0.2) is 69.9 Å². The Balaban J connectivity index is 2.17. The topological polar surface area (TPSA) is 108 Å². The number of H-pyrrole nitrogens is 1. The van der Waals surface area contributed by atoms with Gasteiger partial charge in [-0.15, -0.1) is 0 Å². The molecule has 1 atom stereocenters. The highest BCUT2D eigenvalue weighted by Crippen LogP contribution is 2.28. The molecule has 0 radical (unpaired) electrons. The Hall–Kier alpha value is -3.85. The summed E-state index contributed by atoms with van der Waals surface area (Å²) < 4.78 is 12.2. The summed E-state index contributed by atoms with van der Waals surface area (Å²) in [7, 11) is 1.25. The summed E-state index contributed by atoms with van der Waals surface area (Å²) in [5.74, 6) is -0.832. The van der Waals surface area contributed by atoms with Crippen molar-refractivity contribution in [1.29, 1.82) is 0 Å². The summed E-state index contributed by atoms with van der Waals surface area (Å²) in [6.07, 6.45) is 1.25. The monoisotopic (exact) mass is 484 g/mol. The number of ether oxygens (including phenoxy) is 2. The second-order valence-electron chi connectivity index (χ2n) is 7.65. The maximum absolute atomic E-state index is 13.4. The molecule has 1 heterocycles. The third-order valence-electron chi connectivity index (χ3n) is 5.06. The summed E-state index contributed by atoms with van der Waals surface area (Å²) in [6, 6.07) is 12.4. The molecule has 178 valence electrons. The first-order valence-corrected chi connectivity index (χ1v) is 10.8. The number of aromatic amines is 1. The van der Waals surface area contributed by atoms with Crippen LogP contribution in [-0.2, 0) is 22.6 Å². The van der Waals surface area contributed by atoms with Gasteiger partial charge in [0.1, 0.15) is 5.75 Å². The van der Waals surface area contributed by atoms with E-state index in [1.807, 2.05) is 31.2 Å². The first kappa shape index (κ1) is 24.8. The van der Waals surface area contributed by atoms with Crippen molar-refractivity contribution in [2.24, 2.45) is 10.9 Å². The number of esters is 1. The van der Waals surface area contributed by atoms with E-state index in [9.17, 15) is 14.4 Å². The molecule has 0 spiro atoms. The van der Waals surface area contributed by atoms with E-state index in [1.54, 1.807) is 25.1 Å². The molecule has 0 aliphatic heterocycles. The van der Waals surface area contributed by atoms with Gasteiger partial charge < -0.3 is 9.47 Å². The number of benzene rings is 2. The van der Waals surface area contributed by atoms with Gasteiger partial charge in [-0.05, 0) is 30.7 Å². The highest BCUT2D eigenvalue weighted by molar-refractivity contribution is 6.32. The standard InChI is InChI=1S/C24H25ClN4O5/c1-5-34-20-11-10-18(12-19(20)25)26-22-27-23(31)29(13-16(3)21(30)33-4)24(32)28(22)14-17-8-6-15(2)7-9-17/h5-12,16H,1,13-14H2,2-4H3,(H,26,27,31)/t16-/m0/s1. The van der Waals surface area contributed by atoms with Crippen LogP contribution in [-0.4, -0.2) is 27.2 Å². The molecule has 9 nitrogen and oxygen atoms in total. The maximum Gasteiger partial charge on any atom is 0.335 e. The van der Waals surface area contributed by atoms with Gasteiger partial charge in [-0.25, -0.2) is 19.1 Å². The van der Waals surface area contributed by atoms with Crippen LogP contribution in [0, 0.1) is 12.8 Å². The summed E-state index contributed by atoms with van der Waals surface area (Å²) >= 11 is 6.23. The van der Waals surface area contributed by atoms with Gasteiger partial charge in [0.25, 0.3) is 0 Å². The molecular formula is C24H25ClN4O5. The first-order chi connectivity index (χ1) is 16.2. The van der Waals surface area contributed by atoms with E-state index < -0.39 is 23.3 Å². The number of aromatic nitrogens is 3. The van der Waals surface area contributed by atoms with Gasteiger partial charge in [0.2, 0.25) is 5.62 Å². The number of hydrogen-bond donors (Lipinski definition) is 1. The van der Waals surface area contributed by atoms with E-state index in [0.29, 0.717) is 11.4 Å². The van der Waals surface area contributed by atoms with Crippen molar-refractivity contribution in [3.8, 4) is 5.75 Å². The average Bonchev–Trinajstić information content (AvgIpc) is 2.81. The third kappa shape index (κ3) is 5.74. The van der Waals surface area contributed by atoms with E-state index in [4.69, 9.17) is 21.1 Å². The predicted molar refractivity (Wildman–Crippen MR) is 128 cm³/mol. The lowest BCUT2D eigenvalue weighted by Crippen LogP contribution is -2.51. The maximum atomic E-state index is 13.4. The number of methoxy groups -OCH3 is 1. The average molecular weight is 485 g/mol. The Morgan fingerprint density at radius 2 is 1.91 bits per heavy atom. The fourth-order valence-corrected chi connectivity index (χ4v) is 3.46. The van der Waals surface area contributed by atoms with Crippen molar-refractivity contribution in [3.05, 3.63) is 98.0 Å². The van der Waals surface area contributed by atoms with Crippen LogP contribution in [0.4, 0.5) is 5.69 Å². The van der Waals surface area contributed by atoms with Crippen LogP contribution in [0.5, 0.6) is 5.75 Å². The van der Waals surface area contributed by atoms with Gasteiger partial charge in [0.05, 0.1) is 36.5 Å². The third-order valence-corrected chi connectivity index (χ3v) is 5.36. The molecule has 0 aliphatic rings. The number of rotatable bonds is 8. The molecule has 3 rings (SSSR count). The largest absolute Gasteiger partial charge is 0.469 e. The van der Waals surface area contributed by atoms with E-state index >= 15 is 0 Å². The molecule has 0 unspecified atom stereocenters. The fourth-order valence-electron chi connectivity index (χ4n) is 3.24. The summed E-state index contributed by atoms with van der Waals surface area (Å²) in [6.45, 7) is 7.04. The molecule has 0 aliphatic carbocycles. The van der Waals surface area contributed by atoms with Gasteiger partial charge >= 0.3 is 17.3 Å².